The molecule has 0 fully saturated rings. The van der Waals surface area contributed by atoms with Gasteiger partial charge in [-0.1, -0.05) is 90.3 Å². The molecule has 0 spiro atoms. The molecule has 0 unspecified atom stereocenters. The number of halogens is 1. The van der Waals surface area contributed by atoms with E-state index >= 15 is 0 Å². The van der Waals surface area contributed by atoms with Gasteiger partial charge < -0.3 is 5.32 Å². The van der Waals surface area contributed by atoms with Crippen molar-refractivity contribution >= 4 is 33.2 Å². The molecular formula is C31H31ClN2O3S. The van der Waals surface area contributed by atoms with Crippen LogP contribution in [0.25, 0.3) is 0 Å². The molecule has 7 heteroatoms. The summed E-state index contributed by atoms with van der Waals surface area (Å²) in [6.07, 6.45) is 0.688. The van der Waals surface area contributed by atoms with Crippen LogP contribution in [-0.2, 0) is 16.6 Å². The number of para-hydroxylation sites is 1. The number of carbonyl (C=O) groups excluding carboxylic acids is 1. The van der Waals surface area contributed by atoms with Crippen molar-refractivity contribution in [2.45, 2.75) is 44.7 Å². The first-order valence-electron chi connectivity index (χ1n) is 12.5. The predicted molar refractivity (Wildman–Crippen MR) is 154 cm³/mol. The van der Waals surface area contributed by atoms with Gasteiger partial charge in [0.25, 0.3) is 15.9 Å². The molecule has 4 rings (SSSR count). The number of carbonyl (C=O) groups is 1. The quantitative estimate of drug-likeness (QED) is 0.241. The predicted octanol–water partition coefficient (Wildman–Crippen LogP) is 7.23. The van der Waals surface area contributed by atoms with E-state index in [-0.39, 0.29) is 29.0 Å². The average molecular weight is 547 g/mol. The Labute approximate surface area is 230 Å². The first-order valence-corrected chi connectivity index (χ1v) is 14.3. The van der Waals surface area contributed by atoms with Crippen LogP contribution in [0.3, 0.4) is 0 Å². The van der Waals surface area contributed by atoms with Crippen molar-refractivity contribution in [2.75, 3.05) is 4.31 Å². The zero-order valence-electron chi connectivity index (χ0n) is 21.7. The highest BCUT2D eigenvalue weighted by molar-refractivity contribution is 7.92. The number of nitrogens with one attached hydrogen (secondary N) is 1. The standard InChI is InChI=1S/C31H31ClN2O3S/c1-4-29(25-15-9-22(2)10-16-25)33-31(35)28-7-5-6-8-30(28)34(21-24-13-17-26(32)18-14-24)38(36,37)27-19-11-23(3)12-20-27/h5-20,29H,4,21H2,1-3H3,(H,33,35)/t29-/m0/s1. The lowest BCUT2D eigenvalue weighted by Crippen LogP contribution is -2.34. The van der Waals surface area contributed by atoms with Gasteiger partial charge in [-0.05, 0) is 67.8 Å². The normalized spacial score (nSPS) is 12.1. The van der Waals surface area contributed by atoms with Crippen molar-refractivity contribution in [3.05, 3.63) is 130 Å². The van der Waals surface area contributed by atoms with Crippen LogP contribution in [0.1, 0.15) is 52.0 Å². The second-order valence-corrected chi connectivity index (χ2v) is 11.6. The number of rotatable bonds is 9. The summed E-state index contributed by atoms with van der Waals surface area (Å²) in [6.45, 7) is 5.96. The molecule has 38 heavy (non-hydrogen) atoms. The third kappa shape index (κ3) is 6.26. The highest BCUT2D eigenvalue weighted by atomic mass is 35.5. The Balaban J connectivity index is 1.75. The summed E-state index contributed by atoms with van der Waals surface area (Å²) < 4.78 is 29.3. The Morgan fingerprint density at radius 3 is 2.03 bits per heavy atom. The van der Waals surface area contributed by atoms with Gasteiger partial charge in [0, 0.05) is 5.02 Å². The summed E-state index contributed by atoms with van der Waals surface area (Å²) in [4.78, 5) is 13.8. The number of benzene rings is 4. The smallest absolute Gasteiger partial charge is 0.264 e. The third-order valence-electron chi connectivity index (χ3n) is 6.46. The summed E-state index contributed by atoms with van der Waals surface area (Å²) in [5.41, 5.74) is 4.41. The molecule has 0 aliphatic rings. The Morgan fingerprint density at radius 1 is 0.842 bits per heavy atom. The van der Waals surface area contributed by atoms with Crippen LogP contribution in [-0.4, -0.2) is 14.3 Å². The van der Waals surface area contributed by atoms with Crippen molar-refractivity contribution in [3.8, 4) is 0 Å². The Morgan fingerprint density at radius 2 is 1.42 bits per heavy atom. The lowest BCUT2D eigenvalue weighted by molar-refractivity contribution is 0.0936. The molecule has 4 aromatic carbocycles. The minimum Gasteiger partial charge on any atom is -0.345 e. The fraction of sp³-hybridized carbons (Fsp3) is 0.194. The molecule has 0 saturated carbocycles. The Kier molecular flexibility index (Phi) is 8.55. The summed E-state index contributed by atoms with van der Waals surface area (Å²) in [7, 11) is -4.01. The van der Waals surface area contributed by atoms with E-state index in [9.17, 15) is 13.2 Å². The van der Waals surface area contributed by atoms with Gasteiger partial charge in [-0.2, -0.15) is 0 Å². The van der Waals surface area contributed by atoms with Crippen molar-refractivity contribution in [2.24, 2.45) is 0 Å². The molecular weight excluding hydrogens is 516 g/mol. The summed E-state index contributed by atoms with van der Waals surface area (Å²) in [6, 6.07) is 28.4. The van der Waals surface area contributed by atoms with Gasteiger partial charge in [0.2, 0.25) is 0 Å². The highest BCUT2D eigenvalue weighted by Crippen LogP contribution is 2.30. The first-order chi connectivity index (χ1) is 18.2. The van der Waals surface area contributed by atoms with E-state index in [0.29, 0.717) is 17.1 Å². The van der Waals surface area contributed by atoms with Gasteiger partial charge >= 0.3 is 0 Å². The van der Waals surface area contributed by atoms with Crippen LogP contribution in [0.4, 0.5) is 5.69 Å². The minimum atomic E-state index is -4.01. The van der Waals surface area contributed by atoms with Crippen molar-refractivity contribution in [1.29, 1.82) is 0 Å². The maximum absolute atomic E-state index is 14.0. The molecule has 4 aromatic rings. The SMILES string of the molecule is CC[C@H](NC(=O)c1ccccc1N(Cc1ccc(Cl)cc1)S(=O)(=O)c1ccc(C)cc1)c1ccc(C)cc1. The van der Waals surface area contributed by atoms with E-state index in [1.165, 1.54) is 4.31 Å². The van der Waals surface area contributed by atoms with Crippen LogP contribution in [0.2, 0.25) is 5.02 Å². The fourth-order valence-electron chi connectivity index (χ4n) is 4.23. The van der Waals surface area contributed by atoms with E-state index in [4.69, 9.17) is 11.6 Å². The number of anilines is 1. The summed E-state index contributed by atoms with van der Waals surface area (Å²) in [5, 5.41) is 3.66. The molecule has 1 atom stereocenters. The molecule has 0 saturated heterocycles. The zero-order valence-corrected chi connectivity index (χ0v) is 23.3. The molecule has 0 aliphatic carbocycles. The second kappa shape index (κ2) is 11.8. The number of hydrogen-bond donors (Lipinski definition) is 1. The molecule has 0 bridgehead atoms. The van der Waals surface area contributed by atoms with Crippen LogP contribution >= 0.6 is 11.6 Å². The summed E-state index contributed by atoms with van der Waals surface area (Å²) >= 11 is 6.07. The van der Waals surface area contributed by atoms with Crippen molar-refractivity contribution in [1.82, 2.24) is 5.32 Å². The maximum atomic E-state index is 14.0. The lowest BCUT2D eigenvalue weighted by Gasteiger charge is -2.27. The van der Waals surface area contributed by atoms with E-state index in [1.807, 2.05) is 45.0 Å². The number of hydrogen-bond acceptors (Lipinski definition) is 3. The topological polar surface area (TPSA) is 66.5 Å². The molecule has 0 aromatic heterocycles. The third-order valence-corrected chi connectivity index (χ3v) is 8.49. The Bertz CT molecular complexity index is 1500. The molecule has 0 heterocycles. The molecule has 1 amide bonds. The van der Waals surface area contributed by atoms with E-state index in [2.05, 4.69) is 5.32 Å². The second-order valence-electron chi connectivity index (χ2n) is 9.31. The van der Waals surface area contributed by atoms with Gasteiger partial charge in [-0.15, -0.1) is 0 Å². The molecule has 1 N–H and O–H groups in total. The zero-order chi connectivity index (χ0) is 27.3. The van der Waals surface area contributed by atoms with E-state index in [0.717, 1.165) is 22.3 Å². The number of sulfonamides is 1. The van der Waals surface area contributed by atoms with Crippen molar-refractivity contribution in [3.63, 3.8) is 0 Å². The van der Waals surface area contributed by atoms with Crippen LogP contribution in [0, 0.1) is 13.8 Å². The van der Waals surface area contributed by atoms with Crippen molar-refractivity contribution < 1.29 is 13.2 Å². The highest BCUT2D eigenvalue weighted by Gasteiger charge is 2.29. The van der Waals surface area contributed by atoms with Crippen LogP contribution < -0.4 is 9.62 Å². The lowest BCUT2D eigenvalue weighted by atomic mass is 10.0. The van der Waals surface area contributed by atoms with E-state index in [1.54, 1.807) is 72.8 Å². The first kappa shape index (κ1) is 27.4. The Hall–Kier alpha value is -3.61. The minimum absolute atomic E-state index is 0.0346. The summed E-state index contributed by atoms with van der Waals surface area (Å²) in [5.74, 6) is -0.340. The molecule has 196 valence electrons. The molecule has 5 nitrogen and oxygen atoms in total. The van der Waals surface area contributed by atoms with Gasteiger partial charge in [0.1, 0.15) is 0 Å². The fourth-order valence-corrected chi connectivity index (χ4v) is 5.83. The molecule has 0 aliphatic heterocycles. The monoisotopic (exact) mass is 546 g/mol. The van der Waals surface area contributed by atoms with Gasteiger partial charge in [0.05, 0.1) is 28.7 Å². The number of amides is 1. The van der Waals surface area contributed by atoms with Gasteiger partial charge in [0.15, 0.2) is 0 Å². The van der Waals surface area contributed by atoms with Gasteiger partial charge in [-0.25, -0.2) is 8.42 Å². The number of aryl methyl sites for hydroxylation is 2. The van der Waals surface area contributed by atoms with E-state index < -0.39 is 10.0 Å². The van der Waals surface area contributed by atoms with Gasteiger partial charge in [-0.3, -0.25) is 9.10 Å². The number of nitrogens with zero attached hydrogens (tertiary/aromatic N) is 1. The van der Waals surface area contributed by atoms with Crippen LogP contribution in [0.15, 0.2) is 102 Å². The average Bonchev–Trinajstić information content (AvgIpc) is 2.92. The van der Waals surface area contributed by atoms with Crippen LogP contribution in [0.5, 0.6) is 0 Å². The largest absolute Gasteiger partial charge is 0.345 e. The molecule has 0 radical (unpaired) electrons. The maximum Gasteiger partial charge on any atom is 0.264 e.